The normalized spacial score (nSPS) is 9.38. The van der Waals surface area contributed by atoms with Gasteiger partial charge in [-0.15, -0.1) is 0 Å². The molecule has 0 aliphatic rings. The molecule has 0 aliphatic carbocycles. The molecular formula is C11H12O2. The van der Waals surface area contributed by atoms with Gasteiger partial charge in [-0.05, 0) is 24.6 Å². The second-order valence-electron chi connectivity index (χ2n) is 2.83. The van der Waals surface area contributed by atoms with Gasteiger partial charge < -0.3 is 4.74 Å². The van der Waals surface area contributed by atoms with Crippen LogP contribution in [0, 0.1) is 0 Å². The molecule has 0 heterocycles. The Morgan fingerprint density at radius 1 is 1.31 bits per heavy atom. The summed E-state index contributed by atoms with van der Waals surface area (Å²) in [5, 5.41) is 0. The van der Waals surface area contributed by atoms with E-state index in [1.165, 1.54) is 13.2 Å². The Hall–Kier alpha value is -1.57. The van der Waals surface area contributed by atoms with E-state index < -0.39 is 0 Å². The van der Waals surface area contributed by atoms with Crippen molar-refractivity contribution < 1.29 is 4.74 Å². The molecule has 13 heavy (non-hydrogen) atoms. The van der Waals surface area contributed by atoms with Crippen molar-refractivity contribution in [2.75, 3.05) is 7.11 Å². The summed E-state index contributed by atoms with van der Waals surface area (Å²) in [5.41, 5.74) is 1.76. The van der Waals surface area contributed by atoms with E-state index in [2.05, 4.69) is 6.58 Å². The van der Waals surface area contributed by atoms with Crippen LogP contribution >= 0.6 is 0 Å². The van der Waals surface area contributed by atoms with Gasteiger partial charge in [-0.25, -0.2) is 0 Å². The molecule has 1 aromatic carbocycles. The number of rotatable bonds is 2. The zero-order valence-electron chi connectivity index (χ0n) is 7.83. The predicted octanol–water partition coefficient (Wildman–Crippen LogP) is 2.09. The number of hydrogen-bond acceptors (Lipinski definition) is 2. The van der Waals surface area contributed by atoms with E-state index in [-0.39, 0.29) is 5.43 Å². The van der Waals surface area contributed by atoms with Crippen molar-refractivity contribution in [3.8, 4) is 5.75 Å². The van der Waals surface area contributed by atoms with Gasteiger partial charge in [0.25, 0.3) is 0 Å². The molecule has 1 rings (SSSR count). The Morgan fingerprint density at radius 2 is 1.92 bits per heavy atom. The fourth-order valence-corrected chi connectivity index (χ4v) is 1.00. The number of allylic oxidation sites excluding steroid dienone is 1. The lowest BCUT2D eigenvalue weighted by molar-refractivity contribution is 0.411. The predicted molar refractivity (Wildman–Crippen MR) is 54.0 cm³/mol. The molecule has 68 valence electrons. The Morgan fingerprint density at radius 3 is 2.46 bits per heavy atom. The molecule has 0 saturated heterocycles. The summed E-state index contributed by atoms with van der Waals surface area (Å²) in [6.45, 7) is 5.69. The van der Waals surface area contributed by atoms with E-state index in [4.69, 9.17) is 4.74 Å². The molecule has 0 amide bonds. The van der Waals surface area contributed by atoms with Crippen LogP contribution in [0.3, 0.4) is 0 Å². The topological polar surface area (TPSA) is 26.3 Å². The summed E-state index contributed by atoms with van der Waals surface area (Å²) in [5.74, 6) is 0.354. The minimum absolute atomic E-state index is 0.116. The van der Waals surface area contributed by atoms with Crippen LogP contribution in [0.5, 0.6) is 5.75 Å². The van der Waals surface area contributed by atoms with E-state index in [0.29, 0.717) is 5.75 Å². The van der Waals surface area contributed by atoms with Crippen molar-refractivity contribution in [1.29, 1.82) is 0 Å². The Bertz CT molecular complexity index is 380. The van der Waals surface area contributed by atoms with Gasteiger partial charge in [0.1, 0.15) is 0 Å². The fraction of sp³-hybridized carbons (Fsp3) is 0.182. The van der Waals surface area contributed by atoms with E-state index in [1.54, 1.807) is 12.1 Å². The van der Waals surface area contributed by atoms with Crippen LogP contribution in [-0.2, 0) is 0 Å². The molecule has 0 aliphatic heterocycles. The lowest BCUT2D eigenvalue weighted by Crippen LogP contribution is -1.98. The van der Waals surface area contributed by atoms with Crippen molar-refractivity contribution in [3.63, 3.8) is 0 Å². The van der Waals surface area contributed by atoms with Gasteiger partial charge in [0.15, 0.2) is 5.75 Å². The van der Waals surface area contributed by atoms with Gasteiger partial charge in [-0.3, -0.25) is 4.79 Å². The molecule has 0 N–H and O–H groups in total. The summed E-state index contributed by atoms with van der Waals surface area (Å²) in [4.78, 5) is 11.3. The first-order valence-corrected chi connectivity index (χ1v) is 3.99. The molecule has 0 atom stereocenters. The van der Waals surface area contributed by atoms with Gasteiger partial charge >= 0.3 is 0 Å². The maximum absolute atomic E-state index is 11.3. The molecule has 2 heteroatoms. The Kier molecular flexibility index (Phi) is 2.85. The van der Waals surface area contributed by atoms with Crippen molar-refractivity contribution in [2.45, 2.75) is 6.92 Å². The second kappa shape index (κ2) is 3.90. The highest BCUT2D eigenvalue weighted by atomic mass is 16.5. The first-order chi connectivity index (χ1) is 6.15. The van der Waals surface area contributed by atoms with Crippen molar-refractivity contribution >= 4 is 5.57 Å². The number of ether oxygens (including phenoxy) is 1. The number of methoxy groups -OCH3 is 1. The van der Waals surface area contributed by atoms with Crippen LogP contribution in [-0.4, -0.2) is 7.11 Å². The zero-order valence-corrected chi connectivity index (χ0v) is 7.83. The minimum Gasteiger partial charge on any atom is -0.493 e. The molecule has 0 aromatic heterocycles. The maximum atomic E-state index is 11.3. The Labute approximate surface area is 77.5 Å². The quantitative estimate of drug-likeness (QED) is 0.689. The molecular weight excluding hydrogens is 164 g/mol. The third-order valence-corrected chi connectivity index (χ3v) is 1.78. The van der Waals surface area contributed by atoms with Crippen molar-refractivity contribution in [2.24, 2.45) is 0 Å². The van der Waals surface area contributed by atoms with Crippen molar-refractivity contribution in [3.05, 3.63) is 46.6 Å². The van der Waals surface area contributed by atoms with Crippen LogP contribution in [0.15, 0.2) is 35.6 Å². The Balaban J connectivity index is 3.32. The van der Waals surface area contributed by atoms with E-state index in [0.717, 1.165) is 11.1 Å². The van der Waals surface area contributed by atoms with E-state index in [1.807, 2.05) is 13.0 Å². The molecule has 1 aromatic rings. The molecule has 0 spiro atoms. The molecule has 0 radical (unpaired) electrons. The highest BCUT2D eigenvalue weighted by Gasteiger charge is 1.96. The van der Waals surface area contributed by atoms with Crippen LogP contribution in [0.25, 0.3) is 5.57 Å². The first-order valence-electron chi connectivity index (χ1n) is 3.99. The minimum atomic E-state index is -0.116. The van der Waals surface area contributed by atoms with Gasteiger partial charge in [0, 0.05) is 0 Å². The molecule has 0 saturated carbocycles. The number of hydrogen-bond donors (Lipinski definition) is 0. The summed E-state index contributed by atoms with van der Waals surface area (Å²) in [7, 11) is 1.48. The second-order valence-corrected chi connectivity index (χ2v) is 2.83. The van der Waals surface area contributed by atoms with E-state index in [9.17, 15) is 4.79 Å². The van der Waals surface area contributed by atoms with Crippen LogP contribution in [0.4, 0.5) is 0 Å². The zero-order chi connectivity index (χ0) is 9.84. The van der Waals surface area contributed by atoms with Gasteiger partial charge in [-0.1, -0.05) is 24.3 Å². The monoisotopic (exact) mass is 176 g/mol. The molecule has 0 bridgehead atoms. The standard InChI is InChI=1S/C11H12O2/c1-8(2)9-4-6-10(12)11(13-3)7-5-9/h4-7H,1H2,2-3H3. The molecule has 0 unspecified atom stereocenters. The summed E-state index contributed by atoms with van der Waals surface area (Å²) < 4.78 is 4.90. The lowest BCUT2D eigenvalue weighted by Gasteiger charge is -1.92. The highest BCUT2D eigenvalue weighted by Crippen LogP contribution is 2.10. The van der Waals surface area contributed by atoms with Crippen LogP contribution in [0.1, 0.15) is 12.5 Å². The summed E-state index contributed by atoms with van der Waals surface area (Å²) in [6.07, 6.45) is 0. The third-order valence-electron chi connectivity index (χ3n) is 1.78. The smallest absolute Gasteiger partial charge is 0.220 e. The largest absolute Gasteiger partial charge is 0.493 e. The first kappa shape index (κ1) is 9.52. The van der Waals surface area contributed by atoms with Gasteiger partial charge in [0.05, 0.1) is 7.11 Å². The highest BCUT2D eigenvalue weighted by molar-refractivity contribution is 5.60. The fourth-order valence-electron chi connectivity index (χ4n) is 1.00. The molecule has 0 fully saturated rings. The summed E-state index contributed by atoms with van der Waals surface area (Å²) in [6, 6.07) is 6.71. The van der Waals surface area contributed by atoms with Gasteiger partial charge in [-0.2, -0.15) is 0 Å². The average molecular weight is 176 g/mol. The van der Waals surface area contributed by atoms with Crippen LogP contribution in [0.2, 0.25) is 0 Å². The third kappa shape index (κ3) is 2.18. The SMILES string of the molecule is C=C(C)c1ccc(OC)c(=O)cc1. The lowest BCUT2D eigenvalue weighted by atomic mass is 10.1. The average Bonchev–Trinajstić information content (AvgIpc) is 2.27. The van der Waals surface area contributed by atoms with Crippen LogP contribution < -0.4 is 10.2 Å². The summed E-state index contributed by atoms with van der Waals surface area (Å²) >= 11 is 0. The van der Waals surface area contributed by atoms with Crippen molar-refractivity contribution in [1.82, 2.24) is 0 Å². The van der Waals surface area contributed by atoms with Gasteiger partial charge in [0.2, 0.25) is 5.43 Å². The maximum Gasteiger partial charge on any atom is 0.220 e. The molecule has 2 nitrogen and oxygen atoms in total. The van der Waals surface area contributed by atoms with E-state index >= 15 is 0 Å².